The van der Waals surface area contributed by atoms with Crippen molar-refractivity contribution in [3.8, 4) is 0 Å². The van der Waals surface area contributed by atoms with Crippen LogP contribution in [-0.4, -0.2) is 16.9 Å². The smallest absolute Gasteiger partial charge is 0.372 e. The van der Waals surface area contributed by atoms with Crippen molar-refractivity contribution in [2.75, 3.05) is 0 Å². The molecule has 0 radical (unpaired) electrons. The van der Waals surface area contributed by atoms with Crippen LogP contribution in [0.5, 0.6) is 0 Å². The molecule has 0 heterocycles. The molecule has 0 aliphatic carbocycles. The Morgan fingerprint density at radius 2 is 1.77 bits per heavy atom. The number of hydrogen-bond donors (Lipinski definition) is 1. The van der Waals surface area contributed by atoms with Gasteiger partial charge in [0.15, 0.2) is 0 Å². The van der Waals surface area contributed by atoms with Crippen molar-refractivity contribution in [3.05, 3.63) is 35.9 Å². The fourth-order valence-electron chi connectivity index (χ4n) is 1.08. The molecule has 0 amide bonds. The average molecular weight is 178 g/mol. The van der Waals surface area contributed by atoms with Crippen molar-refractivity contribution >= 4 is 11.8 Å². The van der Waals surface area contributed by atoms with Gasteiger partial charge in [0, 0.05) is 0 Å². The van der Waals surface area contributed by atoms with E-state index in [4.69, 9.17) is 5.11 Å². The number of hydrogen-bond acceptors (Lipinski definition) is 2. The van der Waals surface area contributed by atoms with E-state index in [1.54, 1.807) is 31.2 Å². The van der Waals surface area contributed by atoms with Crippen LogP contribution in [0.15, 0.2) is 30.3 Å². The first-order valence-electron chi connectivity index (χ1n) is 3.95. The first kappa shape index (κ1) is 9.45. The van der Waals surface area contributed by atoms with Crippen LogP contribution in [0.25, 0.3) is 0 Å². The van der Waals surface area contributed by atoms with Crippen LogP contribution in [0.1, 0.15) is 18.4 Å². The molecule has 1 N–H and O–H groups in total. The third kappa shape index (κ3) is 2.15. The van der Waals surface area contributed by atoms with Gasteiger partial charge in [0.1, 0.15) is 0 Å². The van der Waals surface area contributed by atoms with Crippen LogP contribution in [0, 0.1) is 0 Å². The van der Waals surface area contributed by atoms with Crippen LogP contribution in [-0.2, 0) is 9.59 Å². The van der Waals surface area contributed by atoms with Gasteiger partial charge < -0.3 is 5.11 Å². The Labute approximate surface area is 76.0 Å². The van der Waals surface area contributed by atoms with Gasteiger partial charge in [0.2, 0.25) is 5.78 Å². The van der Waals surface area contributed by atoms with Gasteiger partial charge in [0.25, 0.3) is 0 Å². The summed E-state index contributed by atoms with van der Waals surface area (Å²) < 4.78 is 0. The van der Waals surface area contributed by atoms with Crippen LogP contribution in [0.4, 0.5) is 0 Å². The maximum Gasteiger partial charge on any atom is 0.372 e. The Bertz CT molecular complexity index is 316. The Morgan fingerprint density at radius 1 is 1.23 bits per heavy atom. The Kier molecular flexibility index (Phi) is 2.80. The summed E-state index contributed by atoms with van der Waals surface area (Å²) in [4.78, 5) is 21.4. The lowest BCUT2D eigenvalue weighted by Crippen LogP contribution is -2.19. The Morgan fingerprint density at radius 3 is 2.23 bits per heavy atom. The lowest BCUT2D eigenvalue weighted by atomic mass is 9.97. The number of benzene rings is 1. The van der Waals surface area contributed by atoms with Crippen LogP contribution >= 0.6 is 0 Å². The van der Waals surface area contributed by atoms with Gasteiger partial charge in [-0.15, -0.1) is 0 Å². The molecule has 0 aliphatic rings. The predicted octanol–water partition coefficient (Wildman–Crippen LogP) is 1.44. The zero-order valence-corrected chi connectivity index (χ0v) is 7.23. The van der Waals surface area contributed by atoms with E-state index in [0.717, 1.165) is 5.56 Å². The highest BCUT2D eigenvalue weighted by molar-refractivity contribution is 6.34. The normalized spacial score (nSPS) is 12.1. The molecule has 1 aromatic carbocycles. The standard InChI is InChI=1S/C10H10O3/c1-7(9(11)10(12)13)8-5-3-2-4-6-8/h2-7H,1H3,(H,12,13)/t7-/m0/s1. The zero-order valence-electron chi connectivity index (χ0n) is 7.23. The minimum atomic E-state index is -1.38. The number of carboxylic acids is 1. The van der Waals surface area contributed by atoms with E-state index < -0.39 is 17.7 Å². The largest absolute Gasteiger partial charge is 0.475 e. The molecule has 1 aromatic rings. The molecule has 3 heteroatoms. The van der Waals surface area contributed by atoms with Crippen molar-refractivity contribution in [3.63, 3.8) is 0 Å². The number of aliphatic carboxylic acids is 1. The maximum atomic E-state index is 11.0. The van der Waals surface area contributed by atoms with Crippen molar-refractivity contribution in [2.45, 2.75) is 12.8 Å². The lowest BCUT2D eigenvalue weighted by Gasteiger charge is -2.06. The molecule has 0 unspecified atom stereocenters. The summed E-state index contributed by atoms with van der Waals surface area (Å²) in [6.07, 6.45) is 0. The highest BCUT2D eigenvalue weighted by Gasteiger charge is 2.21. The topological polar surface area (TPSA) is 54.4 Å². The number of carboxylic acid groups (broad SMARTS) is 1. The summed E-state index contributed by atoms with van der Waals surface area (Å²) in [6, 6.07) is 8.86. The minimum Gasteiger partial charge on any atom is -0.475 e. The fraction of sp³-hybridized carbons (Fsp3) is 0.200. The molecule has 0 saturated heterocycles. The van der Waals surface area contributed by atoms with Crippen LogP contribution in [0.3, 0.4) is 0 Å². The number of ketones is 1. The summed E-state index contributed by atoms with van der Waals surface area (Å²) in [5.41, 5.74) is 0.731. The third-order valence-electron chi connectivity index (χ3n) is 1.90. The van der Waals surface area contributed by atoms with E-state index in [9.17, 15) is 9.59 Å². The van der Waals surface area contributed by atoms with Crippen molar-refractivity contribution < 1.29 is 14.7 Å². The molecule has 0 bridgehead atoms. The number of carbonyl (C=O) groups excluding carboxylic acids is 1. The van der Waals surface area contributed by atoms with Gasteiger partial charge in [-0.25, -0.2) is 4.79 Å². The van der Waals surface area contributed by atoms with Crippen molar-refractivity contribution in [1.29, 1.82) is 0 Å². The van der Waals surface area contributed by atoms with E-state index in [1.807, 2.05) is 6.07 Å². The molecule has 0 saturated carbocycles. The zero-order chi connectivity index (χ0) is 9.84. The number of Topliss-reactive ketones (excluding diaryl/α,β-unsaturated/α-hetero) is 1. The number of rotatable bonds is 3. The highest BCUT2D eigenvalue weighted by atomic mass is 16.4. The third-order valence-corrected chi connectivity index (χ3v) is 1.90. The summed E-state index contributed by atoms with van der Waals surface area (Å²) in [5, 5.41) is 8.46. The SMILES string of the molecule is C[C@H](C(=O)C(=O)O)c1ccccc1. The molecule has 0 aromatic heterocycles. The molecule has 0 aliphatic heterocycles. The average Bonchev–Trinajstić information content (AvgIpc) is 2.17. The molecular weight excluding hydrogens is 168 g/mol. The second-order valence-electron chi connectivity index (χ2n) is 2.80. The van der Waals surface area contributed by atoms with Crippen molar-refractivity contribution in [1.82, 2.24) is 0 Å². The molecule has 3 nitrogen and oxygen atoms in total. The van der Waals surface area contributed by atoms with E-state index in [2.05, 4.69) is 0 Å². The summed E-state index contributed by atoms with van der Waals surface area (Å²) in [7, 11) is 0. The summed E-state index contributed by atoms with van der Waals surface area (Å²) in [6.45, 7) is 1.59. The first-order valence-corrected chi connectivity index (χ1v) is 3.95. The highest BCUT2D eigenvalue weighted by Crippen LogP contribution is 2.15. The lowest BCUT2D eigenvalue weighted by molar-refractivity contribution is -0.149. The van der Waals surface area contributed by atoms with E-state index in [1.165, 1.54) is 0 Å². The number of carbonyl (C=O) groups is 2. The maximum absolute atomic E-state index is 11.0. The molecule has 1 atom stereocenters. The van der Waals surface area contributed by atoms with E-state index >= 15 is 0 Å². The van der Waals surface area contributed by atoms with Gasteiger partial charge in [-0.1, -0.05) is 37.3 Å². The van der Waals surface area contributed by atoms with Gasteiger partial charge in [-0.05, 0) is 5.56 Å². The van der Waals surface area contributed by atoms with Gasteiger partial charge in [-0.2, -0.15) is 0 Å². The molecule has 68 valence electrons. The monoisotopic (exact) mass is 178 g/mol. The fourth-order valence-corrected chi connectivity index (χ4v) is 1.08. The molecule has 0 spiro atoms. The minimum absolute atomic E-state index is 0.571. The van der Waals surface area contributed by atoms with E-state index in [0.29, 0.717) is 0 Å². The molecular formula is C10H10O3. The second kappa shape index (κ2) is 3.85. The van der Waals surface area contributed by atoms with Crippen LogP contribution < -0.4 is 0 Å². The Hall–Kier alpha value is -1.64. The van der Waals surface area contributed by atoms with Gasteiger partial charge >= 0.3 is 5.97 Å². The van der Waals surface area contributed by atoms with Crippen LogP contribution in [0.2, 0.25) is 0 Å². The second-order valence-corrected chi connectivity index (χ2v) is 2.80. The summed E-state index contributed by atoms with van der Waals surface area (Å²) in [5.74, 6) is -2.72. The molecule has 13 heavy (non-hydrogen) atoms. The quantitative estimate of drug-likeness (QED) is 0.712. The Balaban J connectivity index is 2.86. The van der Waals surface area contributed by atoms with E-state index in [-0.39, 0.29) is 0 Å². The molecule has 0 fully saturated rings. The van der Waals surface area contributed by atoms with Gasteiger partial charge in [-0.3, -0.25) is 4.79 Å². The molecule has 1 rings (SSSR count). The van der Waals surface area contributed by atoms with Gasteiger partial charge in [0.05, 0.1) is 5.92 Å². The van der Waals surface area contributed by atoms with Crippen molar-refractivity contribution in [2.24, 2.45) is 0 Å². The predicted molar refractivity (Wildman–Crippen MR) is 47.5 cm³/mol. The summed E-state index contributed by atoms with van der Waals surface area (Å²) >= 11 is 0. The first-order chi connectivity index (χ1) is 6.13.